The zero-order valence-electron chi connectivity index (χ0n) is 14.4. The van der Waals surface area contributed by atoms with Crippen molar-refractivity contribution in [2.75, 3.05) is 38.0 Å². The molecule has 2 aromatic carbocycles. The van der Waals surface area contributed by atoms with Crippen LogP contribution in [0.3, 0.4) is 0 Å². The van der Waals surface area contributed by atoms with Crippen LogP contribution < -0.4 is 5.32 Å². The van der Waals surface area contributed by atoms with E-state index >= 15 is 0 Å². The molecule has 1 amide bonds. The number of carbonyl (C=O) groups excluding carboxylic acids is 1. The Kier molecular flexibility index (Phi) is 5.71. The van der Waals surface area contributed by atoms with Crippen LogP contribution in [0.2, 0.25) is 0 Å². The molecule has 1 fully saturated rings. The number of nitrogens with zero attached hydrogens (tertiary/aromatic N) is 2. The molecule has 0 saturated carbocycles. The number of sulfonamides is 1. The zero-order valence-corrected chi connectivity index (χ0v) is 15.3. The molecule has 1 aliphatic heterocycles. The fourth-order valence-electron chi connectivity index (χ4n) is 2.86. The lowest BCUT2D eigenvalue weighted by atomic mass is 10.3. The second-order valence-corrected chi connectivity index (χ2v) is 8.05. The number of halogens is 2. The van der Waals surface area contributed by atoms with Gasteiger partial charge >= 0.3 is 0 Å². The van der Waals surface area contributed by atoms with Crippen LogP contribution in [0, 0.1) is 11.6 Å². The minimum atomic E-state index is -3.58. The van der Waals surface area contributed by atoms with Gasteiger partial charge in [-0.2, -0.15) is 4.31 Å². The average molecular weight is 395 g/mol. The number of benzene rings is 2. The van der Waals surface area contributed by atoms with Gasteiger partial charge in [0.05, 0.1) is 11.4 Å². The van der Waals surface area contributed by atoms with Crippen LogP contribution in [0.4, 0.5) is 14.5 Å². The van der Waals surface area contributed by atoms with E-state index in [1.165, 1.54) is 21.3 Å². The molecule has 0 atom stereocenters. The molecule has 3 rings (SSSR count). The van der Waals surface area contributed by atoms with Gasteiger partial charge in [-0.15, -0.1) is 0 Å². The van der Waals surface area contributed by atoms with Crippen LogP contribution in [0.25, 0.3) is 0 Å². The molecule has 1 heterocycles. The highest BCUT2D eigenvalue weighted by Gasteiger charge is 2.29. The largest absolute Gasteiger partial charge is 0.376 e. The summed E-state index contributed by atoms with van der Waals surface area (Å²) in [6.45, 7) is 0.762. The molecule has 2 aromatic rings. The summed E-state index contributed by atoms with van der Waals surface area (Å²) in [5.41, 5.74) is 0.172. The van der Waals surface area contributed by atoms with Gasteiger partial charge in [0.25, 0.3) is 0 Å². The molecule has 0 unspecified atom stereocenters. The molecule has 0 aliphatic carbocycles. The number of hydrogen-bond donors (Lipinski definition) is 1. The maximum absolute atomic E-state index is 13.2. The summed E-state index contributed by atoms with van der Waals surface area (Å²) >= 11 is 0. The highest BCUT2D eigenvalue weighted by Crippen LogP contribution is 2.17. The zero-order chi connectivity index (χ0) is 19.4. The van der Waals surface area contributed by atoms with E-state index in [9.17, 15) is 22.0 Å². The van der Waals surface area contributed by atoms with Gasteiger partial charge in [-0.05, 0) is 24.3 Å². The van der Waals surface area contributed by atoms with Crippen molar-refractivity contribution >= 4 is 21.6 Å². The van der Waals surface area contributed by atoms with Crippen LogP contribution >= 0.6 is 0 Å². The Balaban J connectivity index is 1.55. The third-order valence-electron chi connectivity index (χ3n) is 4.28. The van der Waals surface area contributed by atoms with Crippen molar-refractivity contribution in [2.24, 2.45) is 0 Å². The van der Waals surface area contributed by atoms with Crippen LogP contribution in [-0.2, 0) is 14.8 Å². The summed E-state index contributed by atoms with van der Waals surface area (Å²) in [5, 5.41) is 2.69. The van der Waals surface area contributed by atoms with E-state index < -0.39 is 21.7 Å². The number of hydrogen-bond acceptors (Lipinski definition) is 4. The summed E-state index contributed by atoms with van der Waals surface area (Å²) in [6, 6.07) is 11.1. The van der Waals surface area contributed by atoms with Crippen LogP contribution in [0.5, 0.6) is 0 Å². The average Bonchev–Trinajstić information content (AvgIpc) is 2.66. The molecule has 0 spiro atoms. The third kappa shape index (κ3) is 4.61. The quantitative estimate of drug-likeness (QED) is 0.840. The van der Waals surface area contributed by atoms with E-state index in [4.69, 9.17) is 0 Å². The minimum absolute atomic E-state index is 0.131. The molecule has 0 bridgehead atoms. The van der Waals surface area contributed by atoms with Crippen molar-refractivity contribution in [3.8, 4) is 0 Å². The Morgan fingerprint density at radius 2 is 1.56 bits per heavy atom. The van der Waals surface area contributed by atoms with Gasteiger partial charge in [-0.3, -0.25) is 4.79 Å². The topological polar surface area (TPSA) is 69.7 Å². The Hall–Kier alpha value is -2.52. The SMILES string of the molecule is O=C(CNc1cc(F)cc(F)c1)N1CCN(S(=O)(=O)c2ccccc2)CC1. The first kappa shape index (κ1) is 19.2. The van der Waals surface area contributed by atoms with Gasteiger partial charge in [0.15, 0.2) is 0 Å². The van der Waals surface area contributed by atoms with Crippen LogP contribution in [0.1, 0.15) is 0 Å². The third-order valence-corrected chi connectivity index (χ3v) is 6.19. The summed E-state index contributed by atoms with van der Waals surface area (Å²) < 4.78 is 52.8. The van der Waals surface area contributed by atoms with E-state index in [1.807, 2.05) is 0 Å². The summed E-state index contributed by atoms with van der Waals surface area (Å²) in [4.78, 5) is 14.0. The molecule has 0 aromatic heterocycles. The van der Waals surface area contributed by atoms with Gasteiger partial charge in [-0.1, -0.05) is 18.2 Å². The molecule has 144 valence electrons. The second-order valence-electron chi connectivity index (χ2n) is 6.11. The molecular weight excluding hydrogens is 376 g/mol. The standard InChI is InChI=1S/C18H19F2N3O3S/c19-14-10-15(20)12-16(11-14)21-13-18(24)22-6-8-23(9-7-22)27(25,26)17-4-2-1-3-5-17/h1-5,10-12,21H,6-9,13H2. The minimum Gasteiger partial charge on any atom is -0.376 e. The summed E-state index contributed by atoms with van der Waals surface area (Å²) in [5.74, 6) is -1.73. The number of anilines is 1. The predicted octanol–water partition coefficient (Wildman–Crippen LogP) is 1.91. The van der Waals surface area contributed by atoms with Crippen LogP contribution in [0.15, 0.2) is 53.4 Å². The summed E-state index contributed by atoms with van der Waals surface area (Å²) in [7, 11) is -3.58. The van der Waals surface area contributed by atoms with Gasteiger partial charge in [0.2, 0.25) is 15.9 Å². The first-order chi connectivity index (χ1) is 12.9. The van der Waals surface area contributed by atoms with Gasteiger partial charge in [0, 0.05) is 37.9 Å². The number of rotatable bonds is 5. The maximum Gasteiger partial charge on any atom is 0.243 e. The Bertz CT molecular complexity index is 894. The number of amides is 1. The van der Waals surface area contributed by atoms with Crippen molar-refractivity contribution < 1.29 is 22.0 Å². The molecule has 1 N–H and O–H groups in total. The molecule has 9 heteroatoms. The lowest BCUT2D eigenvalue weighted by Gasteiger charge is -2.34. The van der Waals surface area contributed by atoms with E-state index in [0.717, 1.165) is 18.2 Å². The van der Waals surface area contributed by atoms with Gasteiger partial charge in [-0.25, -0.2) is 17.2 Å². The molecule has 0 radical (unpaired) electrons. The monoisotopic (exact) mass is 395 g/mol. The molecule has 1 saturated heterocycles. The lowest BCUT2D eigenvalue weighted by molar-refractivity contribution is -0.130. The van der Waals surface area contributed by atoms with E-state index in [2.05, 4.69) is 5.32 Å². The van der Waals surface area contributed by atoms with Crippen molar-refractivity contribution in [2.45, 2.75) is 4.90 Å². The molecule has 6 nitrogen and oxygen atoms in total. The number of piperazine rings is 1. The predicted molar refractivity (Wildman–Crippen MR) is 96.6 cm³/mol. The van der Waals surface area contributed by atoms with Gasteiger partial charge in [0.1, 0.15) is 11.6 Å². The van der Waals surface area contributed by atoms with E-state index in [-0.39, 0.29) is 49.2 Å². The van der Waals surface area contributed by atoms with Crippen LogP contribution in [-0.4, -0.2) is 56.3 Å². The first-order valence-electron chi connectivity index (χ1n) is 8.39. The number of nitrogens with one attached hydrogen (secondary N) is 1. The highest BCUT2D eigenvalue weighted by atomic mass is 32.2. The fourth-order valence-corrected chi connectivity index (χ4v) is 4.31. The lowest BCUT2D eigenvalue weighted by Crippen LogP contribution is -2.51. The van der Waals surface area contributed by atoms with Crippen molar-refractivity contribution in [3.63, 3.8) is 0 Å². The fraction of sp³-hybridized carbons (Fsp3) is 0.278. The summed E-state index contributed by atoms with van der Waals surface area (Å²) in [6.07, 6.45) is 0. The second kappa shape index (κ2) is 8.01. The first-order valence-corrected chi connectivity index (χ1v) is 9.83. The smallest absolute Gasteiger partial charge is 0.243 e. The Morgan fingerprint density at radius 1 is 0.963 bits per heavy atom. The highest BCUT2D eigenvalue weighted by molar-refractivity contribution is 7.89. The van der Waals surface area contributed by atoms with Gasteiger partial charge < -0.3 is 10.2 Å². The normalized spacial score (nSPS) is 15.6. The molecular formula is C18H19F2N3O3S. The molecule has 27 heavy (non-hydrogen) atoms. The van der Waals surface area contributed by atoms with E-state index in [1.54, 1.807) is 18.2 Å². The van der Waals surface area contributed by atoms with E-state index in [0.29, 0.717) is 0 Å². The van der Waals surface area contributed by atoms with Crippen molar-refractivity contribution in [3.05, 3.63) is 60.2 Å². The maximum atomic E-state index is 13.2. The van der Waals surface area contributed by atoms with Crippen molar-refractivity contribution in [1.29, 1.82) is 0 Å². The van der Waals surface area contributed by atoms with Crippen molar-refractivity contribution in [1.82, 2.24) is 9.21 Å². The Labute approximate surface area is 156 Å². The molecule has 1 aliphatic rings. The Morgan fingerprint density at radius 3 is 2.15 bits per heavy atom. The number of carbonyl (C=O) groups is 1.